The van der Waals surface area contributed by atoms with E-state index >= 15 is 0 Å². The van der Waals surface area contributed by atoms with Gasteiger partial charge in [-0.05, 0) is 25.7 Å². The molecule has 5 heteroatoms. The summed E-state index contributed by atoms with van der Waals surface area (Å²) in [4.78, 5) is 22.6. The van der Waals surface area contributed by atoms with E-state index in [0.29, 0.717) is 17.4 Å². The van der Waals surface area contributed by atoms with Crippen LogP contribution in [0.4, 0.5) is 0 Å². The number of rotatable bonds is 14. The molecule has 0 saturated heterocycles. The number of hydrogen-bond donors (Lipinski definition) is 0. The molecule has 0 aromatic rings. The smallest absolute Gasteiger partial charge is 0.306 e. The highest BCUT2D eigenvalue weighted by molar-refractivity contribution is 5.70. The zero-order chi connectivity index (χ0) is 18.4. The quantitative estimate of drug-likeness (QED) is 0.211. The van der Waals surface area contributed by atoms with Gasteiger partial charge < -0.3 is 19.1 Å². The van der Waals surface area contributed by atoms with Crippen LogP contribution in [0.3, 0.4) is 0 Å². The van der Waals surface area contributed by atoms with E-state index in [4.69, 9.17) is 4.74 Å². The number of quaternary nitrogens is 1. The number of carbonyl (C=O) groups excluding carboxylic acids is 2. The monoisotopic (exact) mass is 341 g/mol. The van der Waals surface area contributed by atoms with Gasteiger partial charge in [0.25, 0.3) is 0 Å². The Morgan fingerprint density at radius 1 is 1.04 bits per heavy atom. The Morgan fingerprint density at radius 2 is 1.67 bits per heavy atom. The maximum Gasteiger partial charge on any atom is 0.306 e. The second kappa shape index (κ2) is 13.0. The van der Waals surface area contributed by atoms with E-state index in [1.54, 1.807) is 0 Å². The van der Waals surface area contributed by atoms with Gasteiger partial charge in [0.1, 0.15) is 6.54 Å². The normalized spacial score (nSPS) is 13.2. The van der Waals surface area contributed by atoms with E-state index in [2.05, 4.69) is 19.1 Å². The Bertz CT molecular complexity index is 385. The van der Waals surface area contributed by atoms with Crippen LogP contribution in [0, 0.1) is 0 Å². The first-order chi connectivity index (χ1) is 11.2. The molecule has 0 aliphatic heterocycles. The van der Waals surface area contributed by atoms with Crippen molar-refractivity contribution in [3.8, 4) is 0 Å². The van der Waals surface area contributed by atoms with E-state index in [-0.39, 0.29) is 12.4 Å². The summed E-state index contributed by atoms with van der Waals surface area (Å²) in [7, 11) is 5.80. The number of esters is 1. The third-order valence-electron chi connectivity index (χ3n) is 3.59. The molecule has 1 atom stereocenters. The van der Waals surface area contributed by atoms with Crippen molar-refractivity contribution in [2.45, 2.75) is 70.8 Å². The molecule has 0 rings (SSSR count). The summed E-state index contributed by atoms with van der Waals surface area (Å²) in [6, 6.07) is 0. The summed E-state index contributed by atoms with van der Waals surface area (Å²) in [5, 5.41) is 10.8. The predicted molar refractivity (Wildman–Crippen MR) is 94.2 cm³/mol. The summed E-state index contributed by atoms with van der Waals surface area (Å²) >= 11 is 0. The van der Waals surface area contributed by atoms with Gasteiger partial charge in [-0.25, -0.2) is 0 Å². The molecule has 0 heterocycles. The highest BCUT2D eigenvalue weighted by Crippen LogP contribution is 2.08. The molecule has 24 heavy (non-hydrogen) atoms. The first kappa shape index (κ1) is 22.6. The Hall–Kier alpha value is -1.36. The molecular formula is C19H35NO4. The fraction of sp³-hybridized carbons (Fsp3) is 0.789. The van der Waals surface area contributed by atoms with Gasteiger partial charge in [0.05, 0.1) is 21.1 Å². The van der Waals surface area contributed by atoms with Gasteiger partial charge in [-0.1, -0.05) is 38.3 Å². The number of carboxylic acid groups (broad SMARTS) is 1. The summed E-state index contributed by atoms with van der Waals surface area (Å²) in [5.41, 5.74) is 0. The van der Waals surface area contributed by atoms with Gasteiger partial charge in [0.2, 0.25) is 0 Å². The Kier molecular flexibility index (Phi) is 12.3. The number of nitrogens with zero attached hydrogens (tertiary/aromatic N) is 1. The number of allylic oxidation sites excluding steroid dienone is 2. The molecule has 0 N–H and O–H groups in total. The summed E-state index contributed by atoms with van der Waals surface area (Å²) < 4.78 is 5.84. The fourth-order valence-corrected chi connectivity index (χ4v) is 2.47. The molecule has 0 radical (unpaired) electrons. The molecule has 140 valence electrons. The van der Waals surface area contributed by atoms with Gasteiger partial charge in [-0.3, -0.25) is 4.79 Å². The van der Waals surface area contributed by atoms with Crippen LogP contribution >= 0.6 is 0 Å². The van der Waals surface area contributed by atoms with Crippen molar-refractivity contribution < 1.29 is 23.9 Å². The van der Waals surface area contributed by atoms with Gasteiger partial charge in [0.15, 0.2) is 6.10 Å². The second-order valence-electron chi connectivity index (χ2n) is 7.37. The van der Waals surface area contributed by atoms with Crippen molar-refractivity contribution in [3.05, 3.63) is 12.2 Å². The van der Waals surface area contributed by atoms with Crippen LogP contribution in [0.1, 0.15) is 64.7 Å². The van der Waals surface area contributed by atoms with Crippen LogP contribution in [0.15, 0.2) is 12.2 Å². The van der Waals surface area contributed by atoms with Crippen LogP contribution in [0.25, 0.3) is 0 Å². The number of aliphatic carboxylic acids is 1. The molecule has 0 aromatic carbocycles. The van der Waals surface area contributed by atoms with Crippen LogP contribution < -0.4 is 5.11 Å². The molecule has 0 unspecified atom stereocenters. The molecule has 0 saturated carbocycles. The molecule has 0 spiro atoms. The number of hydrogen-bond acceptors (Lipinski definition) is 4. The van der Waals surface area contributed by atoms with E-state index in [1.165, 1.54) is 25.7 Å². The van der Waals surface area contributed by atoms with Crippen LogP contribution in [-0.4, -0.2) is 50.2 Å². The number of carbonyl (C=O) groups is 2. The Labute approximate surface area is 147 Å². The third kappa shape index (κ3) is 15.5. The molecule has 0 fully saturated rings. The lowest BCUT2D eigenvalue weighted by Gasteiger charge is -2.29. The molecule has 0 amide bonds. The number of ether oxygens (including phenoxy) is 1. The van der Waals surface area contributed by atoms with Gasteiger partial charge in [0, 0.05) is 18.8 Å². The number of unbranched alkanes of at least 4 members (excludes halogenated alkanes) is 5. The van der Waals surface area contributed by atoms with Crippen LogP contribution in [0.5, 0.6) is 0 Å². The van der Waals surface area contributed by atoms with Crippen molar-refractivity contribution in [1.29, 1.82) is 0 Å². The van der Waals surface area contributed by atoms with Crippen molar-refractivity contribution in [3.63, 3.8) is 0 Å². The van der Waals surface area contributed by atoms with Crippen molar-refractivity contribution in [2.24, 2.45) is 0 Å². The van der Waals surface area contributed by atoms with Gasteiger partial charge in [-0.15, -0.1) is 0 Å². The minimum atomic E-state index is -1.19. The highest BCUT2D eigenvalue weighted by atomic mass is 16.5. The molecule has 0 aliphatic rings. The molecular weight excluding hydrogens is 306 g/mol. The van der Waals surface area contributed by atoms with E-state index in [1.807, 2.05) is 21.1 Å². The zero-order valence-electron chi connectivity index (χ0n) is 15.9. The van der Waals surface area contributed by atoms with E-state index in [9.17, 15) is 14.7 Å². The van der Waals surface area contributed by atoms with Crippen molar-refractivity contribution >= 4 is 11.9 Å². The fourth-order valence-electron chi connectivity index (χ4n) is 2.47. The largest absolute Gasteiger partial charge is 0.550 e. The molecule has 5 nitrogen and oxygen atoms in total. The lowest BCUT2D eigenvalue weighted by molar-refractivity contribution is -0.873. The Balaban J connectivity index is 3.95. The SMILES string of the molecule is CCCCCC/C=C\CCCC(=O)O[C@H](CC(=O)[O-])C[N+](C)(C)C. The average Bonchev–Trinajstić information content (AvgIpc) is 2.42. The van der Waals surface area contributed by atoms with E-state index < -0.39 is 12.1 Å². The summed E-state index contributed by atoms with van der Waals surface area (Å²) in [6.45, 7) is 2.66. The molecule has 0 aromatic heterocycles. The van der Waals surface area contributed by atoms with Crippen LogP contribution in [-0.2, 0) is 14.3 Å². The maximum atomic E-state index is 11.9. The molecule has 0 bridgehead atoms. The predicted octanol–water partition coefficient (Wildman–Crippen LogP) is 2.44. The topological polar surface area (TPSA) is 66.4 Å². The maximum absolute atomic E-state index is 11.9. The minimum Gasteiger partial charge on any atom is -0.550 e. The first-order valence-electron chi connectivity index (χ1n) is 9.09. The van der Waals surface area contributed by atoms with E-state index in [0.717, 1.165) is 19.3 Å². The zero-order valence-corrected chi connectivity index (χ0v) is 15.9. The standard InChI is InChI=1S/C19H35NO4/c1-5-6-7-8-9-10-11-12-13-14-19(23)24-17(15-18(21)22)16-20(2,3)4/h10-11,17H,5-9,12-16H2,1-4H3/b11-10-/t17-/m1/s1. The number of likely N-dealkylation sites (N-methyl/N-ethyl adjacent to an activating group) is 1. The summed E-state index contributed by atoms with van der Waals surface area (Å²) in [6.07, 6.45) is 11.5. The lowest BCUT2D eigenvalue weighted by Crippen LogP contribution is -2.45. The second-order valence-corrected chi connectivity index (χ2v) is 7.37. The highest BCUT2D eigenvalue weighted by Gasteiger charge is 2.22. The van der Waals surface area contributed by atoms with Gasteiger partial charge in [-0.2, -0.15) is 0 Å². The van der Waals surface area contributed by atoms with Crippen molar-refractivity contribution in [2.75, 3.05) is 27.7 Å². The van der Waals surface area contributed by atoms with Gasteiger partial charge >= 0.3 is 5.97 Å². The van der Waals surface area contributed by atoms with Crippen LogP contribution in [0.2, 0.25) is 0 Å². The lowest BCUT2D eigenvalue weighted by atomic mass is 10.1. The van der Waals surface area contributed by atoms with Crippen molar-refractivity contribution in [1.82, 2.24) is 0 Å². The summed E-state index contributed by atoms with van der Waals surface area (Å²) in [5.74, 6) is -1.52. The third-order valence-corrected chi connectivity index (χ3v) is 3.59. The Morgan fingerprint density at radius 3 is 2.21 bits per heavy atom. The molecule has 0 aliphatic carbocycles. The number of carboxylic acids is 1. The average molecular weight is 341 g/mol. The minimum absolute atomic E-state index is 0.251. The first-order valence-corrected chi connectivity index (χ1v) is 9.09.